The standard InChI is InChI=1S/C17H31N3O2.ClH/c21-16(7-6-15-8-11-18-12-9-15)19-10-4-14-20-13-3-1-2-5-17(20)22;/h15,18H,1-14H2,(H,19,21);1H. The molecule has 134 valence electrons. The van der Waals surface area contributed by atoms with Crippen LogP contribution in [0.1, 0.15) is 57.8 Å². The first kappa shape index (κ1) is 20.2. The second-order valence-corrected chi connectivity index (χ2v) is 6.63. The minimum absolute atomic E-state index is 0. The van der Waals surface area contributed by atoms with Crippen molar-refractivity contribution in [1.29, 1.82) is 0 Å². The van der Waals surface area contributed by atoms with Crippen LogP contribution in [0.4, 0.5) is 0 Å². The minimum atomic E-state index is 0. The molecule has 0 saturated carbocycles. The molecule has 0 atom stereocenters. The number of nitrogens with zero attached hydrogens (tertiary/aromatic N) is 1. The molecule has 2 N–H and O–H groups in total. The van der Waals surface area contributed by atoms with Crippen molar-refractivity contribution in [3.8, 4) is 0 Å². The van der Waals surface area contributed by atoms with E-state index in [9.17, 15) is 9.59 Å². The van der Waals surface area contributed by atoms with E-state index in [0.717, 1.165) is 58.3 Å². The van der Waals surface area contributed by atoms with Crippen molar-refractivity contribution in [3.05, 3.63) is 0 Å². The van der Waals surface area contributed by atoms with Gasteiger partial charge in [-0.25, -0.2) is 0 Å². The first-order chi connectivity index (χ1) is 10.8. The quantitative estimate of drug-likeness (QED) is 0.695. The number of carbonyl (C=O) groups is 2. The summed E-state index contributed by atoms with van der Waals surface area (Å²) in [6.45, 7) is 4.55. The van der Waals surface area contributed by atoms with E-state index < -0.39 is 0 Å². The average Bonchev–Trinajstić information content (AvgIpc) is 2.75. The summed E-state index contributed by atoms with van der Waals surface area (Å²) >= 11 is 0. The van der Waals surface area contributed by atoms with Gasteiger partial charge in [-0.3, -0.25) is 9.59 Å². The Hall–Kier alpha value is -0.810. The van der Waals surface area contributed by atoms with E-state index in [-0.39, 0.29) is 24.2 Å². The fourth-order valence-electron chi connectivity index (χ4n) is 3.37. The van der Waals surface area contributed by atoms with Gasteiger partial charge < -0.3 is 15.5 Å². The highest BCUT2D eigenvalue weighted by Gasteiger charge is 2.16. The predicted molar refractivity (Wildman–Crippen MR) is 94.8 cm³/mol. The number of likely N-dealkylation sites (tertiary alicyclic amines) is 1. The third-order valence-corrected chi connectivity index (χ3v) is 4.84. The lowest BCUT2D eigenvalue weighted by Crippen LogP contribution is -2.34. The maximum absolute atomic E-state index is 11.9. The molecule has 0 spiro atoms. The van der Waals surface area contributed by atoms with Gasteiger partial charge in [0.2, 0.25) is 11.8 Å². The Kier molecular flexibility index (Phi) is 10.3. The zero-order valence-corrected chi connectivity index (χ0v) is 15.0. The van der Waals surface area contributed by atoms with Crippen molar-refractivity contribution in [1.82, 2.24) is 15.5 Å². The van der Waals surface area contributed by atoms with Crippen molar-refractivity contribution >= 4 is 24.2 Å². The molecular formula is C17H32ClN3O2. The van der Waals surface area contributed by atoms with E-state index in [2.05, 4.69) is 10.6 Å². The molecule has 5 nitrogen and oxygen atoms in total. The highest BCUT2D eigenvalue weighted by atomic mass is 35.5. The van der Waals surface area contributed by atoms with Crippen LogP contribution < -0.4 is 10.6 Å². The molecule has 2 heterocycles. The number of halogens is 1. The summed E-state index contributed by atoms with van der Waals surface area (Å²) in [4.78, 5) is 25.7. The SMILES string of the molecule is Cl.O=C(CCC1CCNCC1)NCCCN1CCCCCC1=O. The van der Waals surface area contributed by atoms with Crippen LogP contribution in [0, 0.1) is 5.92 Å². The van der Waals surface area contributed by atoms with Crippen molar-refractivity contribution < 1.29 is 9.59 Å². The van der Waals surface area contributed by atoms with E-state index in [0.29, 0.717) is 25.3 Å². The fraction of sp³-hybridized carbons (Fsp3) is 0.882. The molecule has 2 rings (SSSR count). The first-order valence-corrected chi connectivity index (χ1v) is 9.01. The van der Waals surface area contributed by atoms with Crippen LogP contribution >= 0.6 is 12.4 Å². The summed E-state index contributed by atoms with van der Waals surface area (Å²) < 4.78 is 0. The van der Waals surface area contributed by atoms with Gasteiger partial charge in [-0.05, 0) is 57.5 Å². The van der Waals surface area contributed by atoms with Crippen LogP contribution in [0.25, 0.3) is 0 Å². The van der Waals surface area contributed by atoms with Crippen molar-refractivity contribution in [3.63, 3.8) is 0 Å². The van der Waals surface area contributed by atoms with Crippen molar-refractivity contribution in [2.75, 3.05) is 32.7 Å². The third kappa shape index (κ3) is 8.02. The zero-order valence-electron chi connectivity index (χ0n) is 14.1. The second-order valence-electron chi connectivity index (χ2n) is 6.63. The van der Waals surface area contributed by atoms with Crippen LogP contribution in [0.3, 0.4) is 0 Å². The lowest BCUT2D eigenvalue weighted by atomic mass is 9.93. The lowest BCUT2D eigenvalue weighted by molar-refractivity contribution is -0.130. The Labute approximate surface area is 146 Å². The van der Waals surface area contributed by atoms with E-state index in [4.69, 9.17) is 0 Å². The van der Waals surface area contributed by atoms with Gasteiger partial charge in [0.15, 0.2) is 0 Å². The average molecular weight is 346 g/mol. The molecule has 2 saturated heterocycles. The number of rotatable bonds is 7. The smallest absolute Gasteiger partial charge is 0.222 e. The van der Waals surface area contributed by atoms with Gasteiger partial charge in [0, 0.05) is 32.5 Å². The number of carbonyl (C=O) groups excluding carboxylic acids is 2. The van der Waals surface area contributed by atoms with Crippen LogP contribution in [-0.4, -0.2) is 49.4 Å². The number of nitrogens with one attached hydrogen (secondary N) is 2. The summed E-state index contributed by atoms with van der Waals surface area (Å²) in [6, 6.07) is 0. The third-order valence-electron chi connectivity index (χ3n) is 4.84. The van der Waals surface area contributed by atoms with Crippen molar-refractivity contribution in [2.24, 2.45) is 5.92 Å². The zero-order chi connectivity index (χ0) is 15.6. The normalized spacial score (nSPS) is 19.8. The Balaban J connectivity index is 0.00000264. The van der Waals surface area contributed by atoms with Crippen molar-refractivity contribution in [2.45, 2.75) is 57.8 Å². The monoisotopic (exact) mass is 345 g/mol. The molecule has 2 aliphatic rings. The molecule has 6 heteroatoms. The van der Waals surface area contributed by atoms with Crippen LogP contribution in [-0.2, 0) is 9.59 Å². The van der Waals surface area contributed by atoms with Gasteiger partial charge in [-0.2, -0.15) is 0 Å². The highest BCUT2D eigenvalue weighted by molar-refractivity contribution is 5.85. The lowest BCUT2D eigenvalue weighted by Gasteiger charge is -2.22. The molecule has 0 radical (unpaired) electrons. The molecular weight excluding hydrogens is 314 g/mol. The molecule has 0 bridgehead atoms. The second kappa shape index (κ2) is 11.7. The molecule has 0 aromatic rings. The van der Waals surface area contributed by atoms with E-state index in [1.165, 1.54) is 12.8 Å². The Morgan fingerprint density at radius 2 is 2.00 bits per heavy atom. The van der Waals surface area contributed by atoms with Gasteiger partial charge in [0.1, 0.15) is 0 Å². The molecule has 2 aliphatic heterocycles. The Morgan fingerprint density at radius 1 is 1.22 bits per heavy atom. The molecule has 0 aromatic carbocycles. The van der Waals surface area contributed by atoms with E-state index in [1.54, 1.807) is 0 Å². The molecule has 23 heavy (non-hydrogen) atoms. The highest BCUT2D eigenvalue weighted by Crippen LogP contribution is 2.17. The topological polar surface area (TPSA) is 61.4 Å². The predicted octanol–water partition coefficient (Wildman–Crippen LogP) is 2.10. The number of piperidine rings is 1. The van der Waals surface area contributed by atoms with Gasteiger partial charge in [-0.15, -0.1) is 12.4 Å². The maximum Gasteiger partial charge on any atom is 0.222 e. The minimum Gasteiger partial charge on any atom is -0.356 e. The summed E-state index contributed by atoms with van der Waals surface area (Å²) in [5.74, 6) is 1.16. The number of hydrogen-bond donors (Lipinski definition) is 2. The Bertz CT molecular complexity index is 360. The summed E-state index contributed by atoms with van der Waals surface area (Å²) in [5, 5.41) is 6.35. The van der Waals surface area contributed by atoms with E-state index in [1.807, 2.05) is 4.90 Å². The molecule has 0 unspecified atom stereocenters. The summed E-state index contributed by atoms with van der Waals surface area (Å²) in [7, 11) is 0. The largest absolute Gasteiger partial charge is 0.356 e. The van der Waals surface area contributed by atoms with Gasteiger partial charge in [0.05, 0.1) is 0 Å². The van der Waals surface area contributed by atoms with Gasteiger partial charge >= 0.3 is 0 Å². The van der Waals surface area contributed by atoms with Crippen LogP contribution in [0.15, 0.2) is 0 Å². The first-order valence-electron chi connectivity index (χ1n) is 9.01. The summed E-state index contributed by atoms with van der Waals surface area (Å²) in [6.07, 6.45) is 8.93. The van der Waals surface area contributed by atoms with Crippen LogP contribution in [0.5, 0.6) is 0 Å². The number of hydrogen-bond acceptors (Lipinski definition) is 3. The molecule has 2 fully saturated rings. The molecule has 2 amide bonds. The summed E-state index contributed by atoms with van der Waals surface area (Å²) in [5.41, 5.74) is 0. The maximum atomic E-state index is 11.9. The van der Waals surface area contributed by atoms with Gasteiger partial charge in [0.25, 0.3) is 0 Å². The Morgan fingerprint density at radius 3 is 2.78 bits per heavy atom. The molecule has 0 aliphatic carbocycles. The van der Waals surface area contributed by atoms with E-state index >= 15 is 0 Å². The molecule has 0 aromatic heterocycles. The van der Waals surface area contributed by atoms with Gasteiger partial charge in [-0.1, -0.05) is 6.42 Å². The number of amides is 2. The van der Waals surface area contributed by atoms with Crippen LogP contribution in [0.2, 0.25) is 0 Å². The fourth-order valence-corrected chi connectivity index (χ4v) is 3.37.